The minimum absolute atomic E-state index is 0.0785. The van der Waals surface area contributed by atoms with E-state index in [-0.39, 0.29) is 6.10 Å². The molecule has 1 amide bonds. The molecule has 3 heteroatoms. The molecule has 0 radical (unpaired) electrons. The van der Waals surface area contributed by atoms with Gasteiger partial charge in [0.25, 0.3) is 0 Å². The van der Waals surface area contributed by atoms with Gasteiger partial charge in [-0.1, -0.05) is 30.3 Å². The zero-order valence-electron chi connectivity index (χ0n) is 10.1. The maximum Gasteiger partial charge on any atom is 0.434 e. The maximum atomic E-state index is 11.6. The Bertz CT molecular complexity index is 405. The highest BCUT2D eigenvalue weighted by Gasteiger charge is 2.18. The van der Waals surface area contributed by atoms with Gasteiger partial charge in [0.15, 0.2) is 0 Å². The summed E-state index contributed by atoms with van der Waals surface area (Å²) in [7, 11) is 0. The Labute approximate surface area is 102 Å². The number of hydrogen-bond acceptors (Lipinski definition) is 2. The van der Waals surface area contributed by atoms with Gasteiger partial charge in [0.1, 0.15) is 6.10 Å². The highest BCUT2D eigenvalue weighted by atomic mass is 16.6. The number of benzene rings is 1. The molecule has 1 saturated carbocycles. The molecule has 0 bridgehead atoms. The van der Waals surface area contributed by atoms with Crippen LogP contribution in [0.5, 0.6) is 0 Å². The van der Waals surface area contributed by atoms with Gasteiger partial charge < -0.3 is 4.74 Å². The van der Waals surface area contributed by atoms with Crippen LogP contribution in [0.3, 0.4) is 0 Å². The molecule has 0 aromatic heterocycles. The molecule has 0 spiro atoms. The average Bonchev–Trinajstić information content (AvgIpc) is 2.82. The quantitative estimate of drug-likeness (QED) is 0.730. The van der Waals surface area contributed by atoms with Crippen molar-refractivity contribution in [3.63, 3.8) is 0 Å². The van der Waals surface area contributed by atoms with Crippen molar-refractivity contribution in [3.05, 3.63) is 35.9 Å². The molecule has 1 aliphatic carbocycles. The summed E-state index contributed by atoms with van der Waals surface area (Å²) in [5.41, 5.74) is 1.66. The van der Waals surface area contributed by atoms with E-state index in [9.17, 15) is 4.79 Å². The third kappa shape index (κ3) is 3.41. The summed E-state index contributed by atoms with van der Waals surface area (Å²) in [6, 6.07) is 9.66. The molecule has 0 atom stereocenters. The van der Waals surface area contributed by atoms with Crippen LogP contribution in [0.2, 0.25) is 0 Å². The summed E-state index contributed by atoms with van der Waals surface area (Å²) in [5.74, 6) is 0. The normalized spacial score (nSPS) is 17.1. The van der Waals surface area contributed by atoms with Crippen molar-refractivity contribution in [3.8, 4) is 0 Å². The van der Waals surface area contributed by atoms with Gasteiger partial charge in [-0.15, -0.1) is 0 Å². The summed E-state index contributed by atoms with van der Waals surface area (Å²) in [6.07, 6.45) is 3.88. The van der Waals surface area contributed by atoms with Crippen molar-refractivity contribution in [1.82, 2.24) is 0 Å². The highest BCUT2D eigenvalue weighted by molar-refractivity contribution is 6.03. The molecule has 1 aliphatic rings. The first-order valence-corrected chi connectivity index (χ1v) is 6.07. The number of nitrogens with zero attached hydrogens (tertiary/aromatic N) is 1. The fraction of sp³-hybridized carbons (Fsp3) is 0.429. The summed E-state index contributed by atoms with van der Waals surface area (Å²) in [4.78, 5) is 15.5. The fourth-order valence-electron chi connectivity index (χ4n) is 2.06. The van der Waals surface area contributed by atoms with Crippen LogP contribution in [-0.4, -0.2) is 17.9 Å². The van der Waals surface area contributed by atoms with Gasteiger partial charge in [0.2, 0.25) is 0 Å². The zero-order valence-corrected chi connectivity index (χ0v) is 10.1. The summed E-state index contributed by atoms with van der Waals surface area (Å²) in [5, 5.41) is 0. The Hall–Kier alpha value is -1.64. The molecular weight excluding hydrogens is 214 g/mol. The van der Waals surface area contributed by atoms with E-state index in [1.165, 1.54) is 0 Å². The molecular formula is C14H17NO2. The van der Waals surface area contributed by atoms with E-state index in [2.05, 4.69) is 4.99 Å². The average molecular weight is 231 g/mol. The predicted molar refractivity (Wildman–Crippen MR) is 67.4 cm³/mol. The second kappa shape index (κ2) is 5.62. The summed E-state index contributed by atoms with van der Waals surface area (Å²) >= 11 is 0. The van der Waals surface area contributed by atoms with E-state index in [0.717, 1.165) is 31.2 Å². The van der Waals surface area contributed by atoms with Crippen LogP contribution in [0.4, 0.5) is 4.79 Å². The lowest BCUT2D eigenvalue weighted by atomic mass is 10.1. The van der Waals surface area contributed by atoms with E-state index >= 15 is 0 Å². The summed E-state index contributed by atoms with van der Waals surface area (Å²) in [6.45, 7) is 1.82. The zero-order chi connectivity index (χ0) is 12.1. The molecule has 1 fully saturated rings. The first-order valence-electron chi connectivity index (χ1n) is 6.07. The topological polar surface area (TPSA) is 38.7 Å². The van der Waals surface area contributed by atoms with Gasteiger partial charge in [-0.3, -0.25) is 0 Å². The third-order valence-electron chi connectivity index (χ3n) is 3.02. The Morgan fingerprint density at radius 3 is 2.53 bits per heavy atom. The SMILES string of the molecule is C/C(=N/C(=O)OC1CCCC1)c1ccccc1. The van der Waals surface area contributed by atoms with Crippen molar-refractivity contribution in [2.45, 2.75) is 38.7 Å². The van der Waals surface area contributed by atoms with Crippen LogP contribution in [0.1, 0.15) is 38.2 Å². The number of aliphatic imine (C=N–C) groups is 1. The Kier molecular flexibility index (Phi) is 3.91. The molecule has 2 rings (SSSR count). The first kappa shape index (κ1) is 11.8. The maximum absolute atomic E-state index is 11.6. The number of carbonyl (C=O) groups excluding carboxylic acids is 1. The molecule has 0 heterocycles. The minimum Gasteiger partial charge on any atom is -0.445 e. The summed E-state index contributed by atoms with van der Waals surface area (Å²) < 4.78 is 5.28. The predicted octanol–water partition coefficient (Wildman–Crippen LogP) is 3.57. The second-order valence-corrected chi connectivity index (χ2v) is 4.35. The molecule has 17 heavy (non-hydrogen) atoms. The van der Waals surface area contributed by atoms with Gasteiger partial charge in [-0.05, 0) is 38.2 Å². The van der Waals surface area contributed by atoms with E-state index in [1.54, 1.807) is 0 Å². The van der Waals surface area contributed by atoms with Crippen LogP contribution in [-0.2, 0) is 4.74 Å². The van der Waals surface area contributed by atoms with Gasteiger partial charge in [0, 0.05) is 0 Å². The number of ether oxygens (including phenoxy) is 1. The molecule has 0 saturated heterocycles. The fourth-order valence-corrected chi connectivity index (χ4v) is 2.06. The van der Waals surface area contributed by atoms with Crippen LogP contribution in [0.25, 0.3) is 0 Å². The number of amides is 1. The van der Waals surface area contributed by atoms with Crippen molar-refractivity contribution in [2.75, 3.05) is 0 Å². The van der Waals surface area contributed by atoms with Crippen molar-refractivity contribution in [2.24, 2.45) is 4.99 Å². The molecule has 1 aromatic carbocycles. The van der Waals surface area contributed by atoms with Crippen LogP contribution < -0.4 is 0 Å². The van der Waals surface area contributed by atoms with Gasteiger partial charge >= 0.3 is 6.09 Å². The van der Waals surface area contributed by atoms with E-state index in [4.69, 9.17) is 4.74 Å². The molecule has 1 aromatic rings. The largest absolute Gasteiger partial charge is 0.445 e. The van der Waals surface area contributed by atoms with E-state index < -0.39 is 6.09 Å². The lowest BCUT2D eigenvalue weighted by molar-refractivity contribution is 0.111. The Balaban J connectivity index is 1.96. The van der Waals surface area contributed by atoms with Crippen LogP contribution in [0, 0.1) is 0 Å². The Morgan fingerprint density at radius 1 is 1.24 bits per heavy atom. The highest BCUT2D eigenvalue weighted by Crippen LogP contribution is 2.21. The molecule has 90 valence electrons. The van der Waals surface area contributed by atoms with Crippen molar-refractivity contribution >= 4 is 11.8 Å². The number of hydrogen-bond donors (Lipinski definition) is 0. The standard InChI is InChI=1S/C14H17NO2/c1-11(12-7-3-2-4-8-12)15-14(16)17-13-9-5-6-10-13/h2-4,7-8,13H,5-6,9-10H2,1H3/b15-11-. The molecule has 3 nitrogen and oxygen atoms in total. The number of carbonyl (C=O) groups is 1. The van der Waals surface area contributed by atoms with Gasteiger partial charge in [0.05, 0.1) is 5.71 Å². The van der Waals surface area contributed by atoms with Crippen LogP contribution >= 0.6 is 0 Å². The number of rotatable bonds is 2. The lowest BCUT2D eigenvalue weighted by Gasteiger charge is -2.08. The van der Waals surface area contributed by atoms with Crippen LogP contribution in [0.15, 0.2) is 35.3 Å². The minimum atomic E-state index is -0.460. The van der Waals surface area contributed by atoms with Gasteiger partial charge in [-0.2, -0.15) is 4.99 Å². The smallest absolute Gasteiger partial charge is 0.434 e. The molecule has 0 N–H and O–H groups in total. The third-order valence-corrected chi connectivity index (χ3v) is 3.02. The Morgan fingerprint density at radius 2 is 1.88 bits per heavy atom. The second-order valence-electron chi connectivity index (χ2n) is 4.35. The van der Waals surface area contributed by atoms with Gasteiger partial charge in [-0.25, -0.2) is 4.79 Å². The first-order chi connectivity index (χ1) is 8.25. The van der Waals surface area contributed by atoms with Crippen molar-refractivity contribution in [1.29, 1.82) is 0 Å². The lowest BCUT2D eigenvalue weighted by Crippen LogP contribution is -2.12. The molecule has 0 unspecified atom stereocenters. The van der Waals surface area contributed by atoms with Crippen molar-refractivity contribution < 1.29 is 9.53 Å². The molecule has 0 aliphatic heterocycles. The van der Waals surface area contributed by atoms with E-state index in [1.807, 2.05) is 37.3 Å². The van der Waals surface area contributed by atoms with E-state index in [0.29, 0.717) is 5.71 Å². The monoisotopic (exact) mass is 231 g/mol.